The normalized spacial score (nSPS) is 17.3. The highest BCUT2D eigenvalue weighted by molar-refractivity contribution is 8.18. The van der Waals surface area contributed by atoms with E-state index in [1.807, 2.05) is 6.07 Å². The van der Waals surface area contributed by atoms with Gasteiger partial charge in [-0.15, -0.1) is 6.58 Å². The Morgan fingerprint density at radius 1 is 1.19 bits per heavy atom. The van der Waals surface area contributed by atoms with Crippen molar-refractivity contribution in [3.05, 3.63) is 80.8 Å². The highest BCUT2D eigenvalue weighted by atomic mass is 32.2. The molecule has 0 bridgehead atoms. The van der Waals surface area contributed by atoms with E-state index in [-0.39, 0.29) is 23.4 Å². The molecule has 37 heavy (non-hydrogen) atoms. The molecule has 2 aromatic carbocycles. The molecule has 9 heteroatoms. The van der Waals surface area contributed by atoms with Crippen LogP contribution in [-0.4, -0.2) is 34.6 Å². The number of rotatable bonds is 10. The van der Waals surface area contributed by atoms with Crippen LogP contribution in [0.2, 0.25) is 0 Å². The number of nitro benzene ring substituents is 1. The molecule has 0 radical (unpaired) electrons. The van der Waals surface area contributed by atoms with Crippen molar-refractivity contribution < 1.29 is 24.0 Å². The second-order valence-electron chi connectivity index (χ2n) is 9.22. The molecule has 0 atom stereocenters. The molecule has 1 heterocycles. The van der Waals surface area contributed by atoms with E-state index in [0.29, 0.717) is 46.4 Å². The van der Waals surface area contributed by atoms with Crippen LogP contribution in [0.1, 0.15) is 48.8 Å². The smallest absolute Gasteiger partial charge is 0.293 e. The van der Waals surface area contributed by atoms with E-state index in [2.05, 4.69) is 6.58 Å². The number of hydrogen-bond donors (Lipinski definition) is 0. The first kappa shape index (κ1) is 26.5. The number of benzene rings is 2. The number of nitro groups is 1. The summed E-state index contributed by atoms with van der Waals surface area (Å²) in [5.74, 6) is 1.08. The molecule has 8 nitrogen and oxygen atoms in total. The number of imide groups is 1. The lowest BCUT2D eigenvalue weighted by Gasteiger charge is -2.25. The molecular formula is C28H30N2O6S. The molecule has 2 fully saturated rings. The van der Waals surface area contributed by atoms with Gasteiger partial charge < -0.3 is 9.47 Å². The Labute approximate surface area is 220 Å². The van der Waals surface area contributed by atoms with Crippen molar-refractivity contribution in [3.8, 4) is 11.5 Å². The number of amides is 2. The summed E-state index contributed by atoms with van der Waals surface area (Å²) in [6.07, 6.45) is 9.56. The number of methoxy groups -OCH3 is 1. The van der Waals surface area contributed by atoms with E-state index in [4.69, 9.17) is 9.47 Å². The number of non-ortho nitro benzene ring substituents is 1. The van der Waals surface area contributed by atoms with Gasteiger partial charge >= 0.3 is 0 Å². The number of carbonyl (C=O) groups is 2. The van der Waals surface area contributed by atoms with Gasteiger partial charge in [0, 0.05) is 24.2 Å². The first-order valence-corrected chi connectivity index (χ1v) is 13.1. The number of ether oxygens (including phenoxy) is 2. The number of allylic oxidation sites excluding steroid dienone is 1. The summed E-state index contributed by atoms with van der Waals surface area (Å²) in [6.45, 7) is 4.42. The van der Waals surface area contributed by atoms with Crippen molar-refractivity contribution in [2.45, 2.75) is 45.1 Å². The Morgan fingerprint density at radius 3 is 2.68 bits per heavy atom. The first-order chi connectivity index (χ1) is 17.9. The molecule has 1 saturated heterocycles. The lowest BCUT2D eigenvalue weighted by molar-refractivity contribution is -0.384. The Morgan fingerprint density at radius 2 is 1.97 bits per heavy atom. The highest BCUT2D eigenvalue weighted by Gasteiger charge is 2.36. The Bertz CT molecular complexity index is 1240. The minimum Gasteiger partial charge on any atom is -0.493 e. The van der Waals surface area contributed by atoms with Crippen LogP contribution < -0.4 is 9.47 Å². The van der Waals surface area contributed by atoms with Crippen LogP contribution in [0.5, 0.6) is 11.5 Å². The molecule has 2 aliphatic rings. The lowest BCUT2D eigenvalue weighted by Crippen LogP contribution is -2.34. The fraction of sp³-hybridized carbons (Fsp3) is 0.357. The summed E-state index contributed by atoms with van der Waals surface area (Å²) in [7, 11) is 1.52. The monoisotopic (exact) mass is 522 g/mol. The van der Waals surface area contributed by atoms with Gasteiger partial charge in [0.25, 0.3) is 16.8 Å². The van der Waals surface area contributed by atoms with E-state index < -0.39 is 4.92 Å². The van der Waals surface area contributed by atoms with Crippen molar-refractivity contribution in [2.75, 3.05) is 13.7 Å². The maximum atomic E-state index is 13.1. The van der Waals surface area contributed by atoms with E-state index in [1.54, 1.807) is 30.4 Å². The zero-order chi connectivity index (χ0) is 26.4. The molecule has 2 aromatic rings. The zero-order valence-corrected chi connectivity index (χ0v) is 21.6. The largest absolute Gasteiger partial charge is 0.493 e. The number of thioether (sulfide) groups is 1. The van der Waals surface area contributed by atoms with Crippen molar-refractivity contribution in [1.82, 2.24) is 4.90 Å². The van der Waals surface area contributed by atoms with E-state index >= 15 is 0 Å². The first-order valence-electron chi connectivity index (χ1n) is 12.3. The average Bonchev–Trinajstić information content (AvgIpc) is 3.16. The SMILES string of the molecule is C=CCc1cc(/C=C2/SC(=O)N(CC3CCCCC3)C2=O)cc(OC)c1OCc1cccc([N+](=O)[O-])c1. The molecule has 1 aliphatic carbocycles. The standard InChI is InChI=1S/C28H30N2O6S/c1-3-8-22-13-21(16-25-27(31)29(28(32)37-25)17-19-9-5-4-6-10-19)15-24(35-2)26(22)36-18-20-11-7-12-23(14-20)30(33)34/h3,7,11-16,19H,1,4-6,8-10,17-18H2,2H3/b25-16+. The Kier molecular flexibility index (Phi) is 8.66. The highest BCUT2D eigenvalue weighted by Crippen LogP contribution is 2.38. The van der Waals surface area contributed by atoms with Crippen LogP contribution >= 0.6 is 11.8 Å². The van der Waals surface area contributed by atoms with Crippen LogP contribution in [0.25, 0.3) is 6.08 Å². The van der Waals surface area contributed by atoms with Crippen molar-refractivity contribution in [3.63, 3.8) is 0 Å². The van der Waals surface area contributed by atoms with Gasteiger partial charge in [-0.05, 0) is 66.3 Å². The van der Waals surface area contributed by atoms with Crippen molar-refractivity contribution in [1.29, 1.82) is 0 Å². The summed E-state index contributed by atoms with van der Waals surface area (Å²) in [4.78, 5) is 38.1. The van der Waals surface area contributed by atoms with Gasteiger partial charge in [-0.1, -0.05) is 37.5 Å². The van der Waals surface area contributed by atoms with E-state index in [0.717, 1.165) is 43.0 Å². The lowest BCUT2D eigenvalue weighted by atomic mass is 9.89. The summed E-state index contributed by atoms with van der Waals surface area (Å²) < 4.78 is 11.6. The van der Waals surface area contributed by atoms with Crippen LogP contribution in [0.4, 0.5) is 10.5 Å². The van der Waals surface area contributed by atoms with Gasteiger partial charge in [0.05, 0.1) is 16.9 Å². The van der Waals surface area contributed by atoms with Crippen LogP contribution in [0.15, 0.2) is 54.0 Å². The fourth-order valence-electron chi connectivity index (χ4n) is 4.74. The zero-order valence-electron chi connectivity index (χ0n) is 20.8. The van der Waals surface area contributed by atoms with Gasteiger partial charge in [-0.25, -0.2) is 0 Å². The van der Waals surface area contributed by atoms with Gasteiger partial charge in [0.2, 0.25) is 0 Å². The fourth-order valence-corrected chi connectivity index (χ4v) is 5.59. The molecular weight excluding hydrogens is 492 g/mol. The summed E-state index contributed by atoms with van der Waals surface area (Å²) >= 11 is 0.965. The van der Waals surface area contributed by atoms with E-state index in [9.17, 15) is 19.7 Å². The topological polar surface area (TPSA) is 99.0 Å². The third-order valence-electron chi connectivity index (χ3n) is 6.58. The summed E-state index contributed by atoms with van der Waals surface area (Å²) in [5.41, 5.74) is 2.13. The Balaban J connectivity index is 1.56. The molecule has 0 unspecified atom stereocenters. The van der Waals surface area contributed by atoms with Gasteiger partial charge in [-0.3, -0.25) is 24.6 Å². The minimum atomic E-state index is -0.446. The number of hydrogen-bond acceptors (Lipinski definition) is 7. The van der Waals surface area contributed by atoms with Crippen molar-refractivity contribution in [2.24, 2.45) is 5.92 Å². The molecule has 194 valence electrons. The minimum absolute atomic E-state index is 0.00726. The molecule has 0 N–H and O–H groups in total. The third kappa shape index (κ3) is 6.40. The predicted octanol–water partition coefficient (Wildman–Crippen LogP) is 6.53. The molecule has 0 spiro atoms. The molecule has 1 aliphatic heterocycles. The molecule has 4 rings (SSSR count). The van der Waals surface area contributed by atoms with Crippen LogP contribution in [0, 0.1) is 16.0 Å². The predicted molar refractivity (Wildman–Crippen MR) is 144 cm³/mol. The number of nitrogens with zero attached hydrogens (tertiary/aromatic N) is 2. The van der Waals surface area contributed by atoms with Crippen molar-refractivity contribution >= 4 is 34.7 Å². The molecule has 1 saturated carbocycles. The van der Waals surface area contributed by atoms with Gasteiger partial charge in [0.1, 0.15) is 6.61 Å². The van der Waals surface area contributed by atoms with Gasteiger partial charge in [0.15, 0.2) is 11.5 Å². The van der Waals surface area contributed by atoms with Crippen LogP contribution in [0.3, 0.4) is 0 Å². The third-order valence-corrected chi connectivity index (χ3v) is 7.49. The van der Waals surface area contributed by atoms with Crippen LogP contribution in [-0.2, 0) is 17.8 Å². The van der Waals surface area contributed by atoms with E-state index in [1.165, 1.54) is 30.6 Å². The quantitative estimate of drug-likeness (QED) is 0.151. The second kappa shape index (κ2) is 12.1. The maximum absolute atomic E-state index is 13.1. The van der Waals surface area contributed by atoms with Gasteiger partial charge in [-0.2, -0.15) is 0 Å². The average molecular weight is 523 g/mol. The summed E-state index contributed by atoms with van der Waals surface area (Å²) in [5, 5.41) is 10.9. The molecule has 2 amide bonds. The Hall–Kier alpha value is -3.59. The second-order valence-corrected chi connectivity index (χ2v) is 10.2. The molecule has 0 aromatic heterocycles. The summed E-state index contributed by atoms with van der Waals surface area (Å²) in [6, 6.07) is 9.90. The maximum Gasteiger partial charge on any atom is 0.293 e. The number of carbonyl (C=O) groups excluding carboxylic acids is 2.